The molecule has 4 aromatic rings. The normalized spacial score (nSPS) is 28.1. The summed E-state index contributed by atoms with van der Waals surface area (Å²) in [5, 5.41) is 9.06. The van der Waals surface area contributed by atoms with Gasteiger partial charge in [0, 0.05) is 0 Å². The number of fused-ring (bicyclic) bond motifs is 1. The number of esters is 1. The monoisotopic (exact) mass is 516 g/mol. The molecule has 3 fully saturated rings. The second-order valence-corrected chi connectivity index (χ2v) is 11.1. The number of nitrogens with zero attached hydrogens (tertiary/aromatic N) is 4. The van der Waals surface area contributed by atoms with Crippen LogP contribution in [0.3, 0.4) is 0 Å². The number of imide groups is 1. The number of allylic oxidation sites excluding steroid dienone is 2. The van der Waals surface area contributed by atoms with E-state index in [4.69, 9.17) is 4.74 Å². The first-order valence-corrected chi connectivity index (χ1v) is 13.3. The molecule has 192 valence electrons. The summed E-state index contributed by atoms with van der Waals surface area (Å²) in [4.78, 5) is 42.7. The molecule has 0 unspecified atom stereocenters. The SMILES string of the molecule is Cc1ccc(OC(=O)c2ccc(N3C(=O)[C@@H]4[C@H]5C=C[C@@H]([C@@H]6C[C@@H]56)[C@@H]4C3=O)cc2)c(-n2nc3ccccc3n2)c1. The Morgan fingerprint density at radius 1 is 0.846 bits per heavy atom. The molecule has 0 radical (unpaired) electrons. The van der Waals surface area contributed by atoms with E-state index < -0.39 is 5.97 Å². The summed E-state index contributed by atoms with van der Waals surface area (Å²) in [5.41, 5.74) is 3.79. The van der Waals surface area contributed by atoms with Gasteiger partial charge >= 0.3 is 5.97 Å². The fourth-order valence-corrected chi connectivity index (χ4v) is 6.95. The second-order valence-electron chi connectivity index (χ2n) is 11.1. The van der Waals surface area contributed by atoms with Crippen LogP contribution in [0.25, 0.3) is 16.7 Å². The maximum atomic E-state index is 13.4. The van der Waals surface area contributed by atoms with E-state index in [1.807, 2.05) is 43.3 Å². The third-order valence-electron chi connectivity index (χ3n) is 8.84. The number of anilines is 1. The fraction of sp³-hybridized carbons (Fsp3) is 0.258. The first-order chi connectivity index (χ1) is 19.0. The molecule has 3 aromatic carbocycles. The molecule has 0 spiro atoms. The van der Waals surface area contributed by atoms with Crippen LogP contribution in [0.5, 0.6) is 5.75 Å². The highest BCUT2D eigenvalue weighted by Crippen LogP contribution is 2.65. The van der Waals surface area contributed by atoms with Crippen LogP contribution in [0.15, 0.2) is 78.9 Å². The van der Waals surface area contributed by atoms with E-state index in [1.165, 1.54) is 9.70 Å². The summed E-state index contributed by atoms with van der Waals surface area (Å²) in [7, 11) is 0. The summed E-state index contributed by atoms with van der Waals surface area (Å²) in [6.45, 7) is 1.94. The number of carbonyl (C=O) groups is 3. The van der Waals surface area contributed by atoms with Crippen molar-refractivity contribution in [1.29, 1.82) is 0 Å². The zero-order valence-electron chi connectivity index (χ0n) is 21.1. The molecule has 8 heteroatoms. The van der Waals surface area contributed by atoms with Crippen LogP contribution in [-0.2, 0) is 9.59 Å². The molecule has 1 aliphatic heterocycles. The predicted molar refractivity (Wildman–Crippen MR) is 142 cm³/mol. The Labute approximate surface area is 223 Å². The molecule has 4 aliphatic carbocycles. The number of amides is 2. The number of hydrogen-bond acceptors (Lipinski definition) is 6. The van der Waals surface area contributed by atoms with Crippen LogP contribution in [0.4, 0.5) is 5.69 Å². The molecule has 6 atom stereocenters. The molecule has 2 saturated carbocycles. The lowest BCUT2D eigenvalue weighted by atomic mass is 9.63. The highest BCUT2D eigenvalue weighted by atomic mass is 16.5. The molecule has 8 nitrogen and oxygen atoms in total. The van der Waals surface area contributed by atoms with Crippen LogP contribution in [0, 0.1) is 42.4 Å². The Morgan fingerprint density at radius 2 is 1.46 bits per heavy atom. The topological polar surface area (TPSA) is 94.4 Å². The van der Waals surface area contributed by atoms with Crippen molar-refractivity contribution in [3.05, 3.63) is 90.0 Å². The molecule has 2 bridgehead atoms. The molecule has 0 N–H and O–H groups in total. The van der Waals surface area contributed by atoms with E-state index in [2.05, 4.69) is 22.3 Å². The Bertz CT molecular complexity index is 1670. The van der Waals surface area contributed by atoms with Gasteiger partial charge < -0.3 is 4.74 Å². The van der Waals surface area contributed by atoms with E-state index in [0.717, 1.165) is 23.0 Å². The molecule has 5 aliphatic rings. The standard InChI is InChI=1S/C31H24N4O4/c1-16-6-13-26(25(14-16)35-32-23-4-2-3-5-24(23)33-35)39-31(38)17-7-9-18(10-8-17)34-29(36)27-19-11-12-20(22-15-21(19)22)28(27)30(34)37/h2-14,19-22,27-28H,15H2,1H3/t19-,20-,21-,22-,27-,28+/m0/s1. The van der Waals surface area contributed by atoms with Crippen LogP contribution in [-0.4, -0.2) is 32.8 Å². The highest BCUT2D eigenvalue weighted by Gasteiger charge is 2.67. The van der Waals surface area contributed by atoms with Gasteiger partial charge in [0.1, 0.15) is 16.7 Å². The van der Waals surface area contributed by atoms with Crippen molar-refractivity contribution >= 4 is 34.5 Å². The van der Waals surface area contributed by atoms with Gasteiger partial charge in [-0.15, -0.1) is 15.0 Å². The van der Waals surface area contributed by atoms with E-state index >= 15 is 0 Å². The predicted octanol–water partition coefficient (Wildman–Crippen LogP) is 4.51. The Balaban J connectivity index is 1.05. The second kappa shape index (κ2) is 7.96. The molecule has 9 rings (SSSR count). The molecule has 2 heterocycles. The van der Waals surface area contributed by atoms with Crippen molar-refractivity contribution < 1.29 is 19.1 Å². The van der Waals surface area contributed by atoms with Crippen molar-refractivity contribution in [3.8, 4) is 11.4 Å². The maximum absolute atomic E-state index is 13.4. The lowest BCUT2D eigenvalue weighted by Gasteiger charge is -2.37. The van der Waals surface area contributed by atoms with E-state index in [0.29, 0.717) is 34.5 Å². The first kappa shape index (κ1) is 22.4. The number of hydrogen-bond donors (Lipinski definition) is 0. The average Bonchev–Trinajstić information content (AvgIpc) is 3.60. The van der Waals surface area contributed by atoms with Gasteiger partial charge in [0.05, 0.1) is 23.1 Å². The van der Waals surface area contributed by atoms with Crippen LogP contribution >= 0.6 is 0 Å². The van der Waals surface area contributed by atoms with Crippen molar-refractivity contribution in [3.63, 3.8) is 0 Å². The number of rotatable bonds is 4. The highest BCUT2D eigenvalue weighted by molar-refractivity contribution is 6.22. The quantitative estimate of drug-likeness (QED) is 0.172. The molecular weight excluding hydrogens is 492 g/mol. The molecule has 39 heavy (non-hydrogen) atoms. The lowest BCUT2D eigenvalue weighted by Crippen LogP contribution is -2.40. The number of carbonyl (C=O) groups excluding carboxylic acids is 3. The van der Waals surface area contributed by atoms with Crippen molar-refractivity contribution in [2.75, 3.05) is 4.90 Å². The molecule has 2 amide bonds. The smallest absolute Gasteiger partial charge is 0.343 e. The number of aryl methyl sites for hydroxylation is 1. The summed E-state index contributed by atoms with van der Waals surface area (Å²) >= 11 is 0. The van der Waals surface area contributed by atoms with Gasteiger partial charge in [-0.1, -0.05) is 30.4 Å². The van der Waals surface area contributed by atoms with Crippen LogP contribution in [0.1, 0.15) is 22.3 Å². The van der Waals surface area contributed by atoms with E-state index in [1.54, 1.807) is 30.3 Å². The molecule has 1 aromatic heterocycles. The largest absolute Gasteiger partial charge is 0.421 e. The minimum atomic E-state index is -0.557. The number of benzene rings is 3. The van der Waals surface area contributed by atoms with E-state index in [9.17, 15) is 14.4 Å². The zero-order chi connectivity index (χ0) is 26.4. The van der Waals surface area contributed by atoms with Gasteiger partial charge in [0.15, 0.2) is 5.75 Å². The van der Waals surface area contributed by atoms with Crippen molar-refractivity contribution in [1.82, 2.24) is 15.0 Å². The van der Waals surface area contributed by atoms with Gasteiger partial charge in [0.2, 0.25) is 11.8 Å². The Morgan fingerprint density at radius 3 is 2.08 bits per heavy atom. The van der Waals surface area contributed by atoms with Gasteiger partial charge in [0.25, 0.3) is 0 Å². The van der Waals surface area contributed by atoms with Crippen LogP contribution in [0.2, 0.25) is 0 Å². The maximum Gasteiger partial charge on any atom is 0.343 e. The molecule has 1 saturated heterocycles. The van der Waals surface area contributed by atoms with Crippen molar-refractivity contribution in [2.45, 2.75) is 13.3 Å². The minimum Gasteiger partial charge on any atom is -0.421 e. The van der Waals surface area contributed by atoms with Gasteiger partial charge in [-0.05, 0) is 91.1 Å². The fourth-order valence-electron chi connectivity index (χ4n) is 6.95. The van der Waals surface area contributed by atoms with E-state index in [-0.39, 0.29) is 35.5 Å². The third kappa shape index (κ3) is 3.27. The van der Waals surface area contributed by atoms with Crippen molar-refractivity contribution in [2.24, 2.45) is 35.5 Å². The number of aromatic nitrogens is 3. The summed E-state index contributed by atoms with van der Waals surface area (Å²) < 4.78 is 5.78. The third-order valence-corrected chi connectivity index (χ3v) is 8.84. The van der Waals surface area contributed by atoms with Crippen LogP contribution < -0.4 is 9.64 Å². The Hall–Kier alpha value is -4.59. The summed E-state index contributed by atoms with van der Waals surface area (Å²) in [6.07, 6.45) is 5.45. The zero-order valence-corrected chi connectivity index (χ0v) is 21.1. The number of ether oxygens (including phenoxy) is 1. The minimum absolute atomic E-state index is 0.117. The summed E-state index contributed by atoms with van der Waals surface area (Å²) in [5.74, 6) is 0.472. The van der Waals surface area contributed by atoms with Gasteiger partial charge in [-0.2, -0.15) is 0 Å². The lowest BCUT2D eigenvalue weighted by molar-refractivity contribution is -0.124. The molecular formula is C31H24N4O4. The average molecular weight is 517 g/mol. The van der Waals surface area contributed by atoms with Gasteiger partial charge in [-0.3, -0.25) is 14.5 Å². The van der Waals surface area contributed by atoms with Gasteiger partial charge in [-0.25, -0.2) is 4.79 Å². The Kier molecular flexibility index (Phi) is 4.57. The first-order valence-electron chi connectivity index (χ1n) is 13.3. The summed E-state index contributed by atoms with van der Waals surface area (Å²) in [6, 6.07) is 19.5.